The average Bonchev–Trinajstić information content (AvgIpc) is 2.43. The Hall–Kier alpha value is -1.98. The first-order valence-corrected chi connectivity index (χ1v) is 6.91. The second-order valence-corrected chi connectivity index (χ2v) is 6.20. The Morgan fingerprint density at radius 2 is 2.30 bits per heavy atom. The van der Waals surface area contributed by atoms with Gasteiger partial charge in [0.25, 0.3) is 5.56 Å². The summed E-state index contributed by atoms with van der Waals surface area (Å²) in [6.07, 6.45) is 6.48. The van der Waals surface area contributed by atoms with Crippen molar-refractivity contribution in [3.63, 3.8) is 0 Å². The van der Waals surface area contributed by atoms with Crippen molar-refractivity contribution < 1.29 is 0 Å². The molecule has 106 valence electrons. The van der Waals surface area contributed by atoms with Crippen LogP contribution in [0, 0.1) is 24.2 Å². The van der Waals surface area contributed by atoms with Gasteiger partial charge in [-0.15, -0.1) is 10.2 Å². The van der Waals surface area contributed by atoms with Crippen LogP contribution in [0.1, 0.15) is 32.4 Å². The number of hydrogen-bond donors (Lipinski definition) is 2. The van der Waals surface area contributed by atoms with Gasteiger partial charge in [0.15, 0.2) is 0 Å². The van der Waals surface area contributed by atoms with Crippen LogP contribution in [0.3, 0.4) is 0 Å². The lowest BCUT2D eigenvalue weighted by Crippen LogP contribution is -2.48. The van der Waals surface area contributed by atoms with Gasteiger partial charge in [0.1, 0.15) is 5.69 Å². The molecule has 1 saturated carbocycles. The Morgan fingerprint density at radius 1 is 1.50 bits per heavy atom. The van der Waals surface area contributed by atoms with E-state index in [1.165, 1.54) is 12.0 Å². The van der Waals surface area contributed by atoms with Gasteiger partial charge in [0.2, 0.25) is 5.95 Å². The molecule has 0 aromatic carbocycles. The Labute approximate surface area is 117 Å². The maximum absolute atomic E-state index is 11.4. The lowest BCUT2D eigenvalue weighted by molar-refractivity contribution is -0.00124. The highest BCUT2D eigenvalue weighted by molar-refractivity contribution is 5.81. The van der Waals surface area contributed by atoms with Gasteiger partial charge < -0.3 is 0 Å². The molecule has 3 aliphatic rings. The first-order chi connectivity index (χ1) is 9.48. The molecule has 3 aliphatic carbocycles. The van der Waals surface area contributed by atoms with Crippen molar-refractivity contribution in [1.29, 1.82) is 0 Å². The third-order valence-corrected chi connectivity index (χ3v) is 4.76. The van der Waals surface area contributed by atoms with Crippen molar-refractivity contribution in [2.45, 2.75) is 33.6 Å². The minimum atomic E-state index is -0.252. The van der Waals surface area contributed by atoms with Gasteiger partial charge in [-0.2, -0.15) is 5.10 Å². The highest BCUT2D eigenvalue weighted by Gasteiger charge is 2.50. The van der Waals surface area contributed by atoms with Crippen molar-refractivity contribution in [3.05, 3.63) is 27.7 Å². The maximum Gasteiger partial charge on any atom is 0.274 e. The van der Waals surface area contributed by atoms with E-state index in [-0.39, 0.29) is 11.5 Å². The largest absolute Gasteiger partial charge is 0.288 e. The molecule has 0 spiro atoms. The molecule has 0 amide bonds. The van der Waals surface area contributed by atoms with Gasteiger partial charge in [-0.1, -0.05) is 19.9 Å². The molecule has 6 nitrogen and oxygen atoms in total. The number of hydrazone groups is 1. The molecule has 20 heavy (non-hydrogen) atoms. The van der Waals surface area contributed by atoms with Crippen LogP contribution < -0.4 is 11.0 Å². The van der Waals surface area contributed by atoms with E-state index in [9.17, 15) is 4.79 Å². The summed E-state index contributed by atoms with van der Waals surface area (Å²) in [6, 6.07) is 0. The zero-order chi connectivity index (χ0) is 14.3. The van der Waals surface area contributed by atoms with E-state index in [1.54, 1.807) is 6.92 Å². The van der Waals surface area contributed by atoms with Crippen LogP contribution >= 0.6 is 0 Å². The molecule has 2 atom stereocenters. The Morgan fingerprint density at radius 3 is 2.95 bits per heavy atom. The van der Waals surface area contributed by atoms with Crippen molar-refractivity contribution in [3.8, 4) is 0 Å². The molecule has 0 aliphatic heterocycles. The van der Waals surface area contributed by atoms with Gasteiger partial charge in [-0.05, 0) is 42.6 Å². The quantitative estimate of drug-likeness (QED) is 0.650. The number of aromatic amines is 1. The monoisotopic (exact) mass is 273 g/mol. The molecule has 2 bridgehead atoms. The summed E-state index contributed by atoms with van der Waals surface area (Å²) < 4.78 is 0. The molecule has 1 heterocycles. The molecule has 2 N–H and O–H groups in total. The number of nitrogens with zero attached hydrogens (tertiary/aromatic N) is 3. The van der Waals surface area contributed by atoms with Crippen molar-refractivity contribution in [2.24, 2.45) is 22.4 Å². The number of aryl methyl sites for hydroxylation is 1. The molecule has 4 rings (SSSR count). The van der Waals surface area contributed by atoms with Crippen LogP contribution in [0.4, 0.5) is 5.95 Å². The maximum atomic E-state index is 11.4. The zero-order valence-electron chi connectivity index (χ0n) is 12.0. The van der Waals surface area contributed by atoms with Gasteiger partial charge in [0, 0.05) is 0 Å². The van der Waals surface area contributed by atoms with Crippen LogP contribution in [0.2, 0.25) is 0 Å². The Kier molecular flexibility index (Phi) is 2.96. The fourth-order valence-electron chi connectivity index (χ4n) is 3.16. The van der Waals surface area contributed by atoms with Gasteiger partial charge in [-0.3, -0.25) is 9.78 Å². The number of allylic oxidation sites excluding steroid dienone is 2. The van der Waals surface area contributed by atoms with E-state index in [2.05, 4.69) is 45.6 Å². The van der Waals surface area contributed by atoms with Crippen LogP contribution in [0.15, 0.2) is 21.5 Å². The first-order valence-electron chi connectivity index (χ1n) is 6.91. The molecular weight excluding hydrogens is 254 g/mol. The average molecular weight is 273 g/mol. The standard InChI is InChI=1S/C14H19N5O/c1-8-12(20)16-13(19-17-8)18-15-7-9-4-5-10-6-11(9)14(10,2)3/h4,7,10-11H,5-6H2,1-3H3,(H2,16,18,19,20). The summed E-state index contributed by atoms with van der Waals surface area (Å²) in [5, 5.41) is 11.7. The molecule has 2 unspecified atom stereocenters. The van der Waals surface area contributed by atoms with Crippen LogP contribution in [0.5, 0.6) is 0 Å². The number of rotatable bonds is 3. The number of fused-ring (bicyclic) bond motifs is 1. The second kappa shape index (κ2) is 4.54. The van der Waals surface area contributed by atoms with Crippen LogP contribution in [-0.2, 0) is 0 Å². The minimum Gasteiger partial charge on any atom is -0.288 e. The van der Waals surface area contributed by atoms with E-state index >= 15 is 0 Å². The van der Waals surface area contributed by atoms with Crippen LogP contribution in [0.25, 0.3) is 0 Å². The highest BCUT2D eigenvalue weighted by Crippen LogP contribution is 2.58. The summed E-state index contributed by atoms with van der Waals surface area (Å²) in [5.41, 5.74) is 4.47. The molecule has 1 fully saturated rings. The molecular formula is C14H19N5O. The lowest BCUT2D eigenvalue weighted by Gasteiger charge is -2.55. The third kappa shape index (κ3) is 2.05. The van der Waals surface area contributed by atoms with Gasteiger partial charge in [-0.25, -0.2) is 5.43 Å². The summed E-state index contributed by atoms with van der Waals surface area (Å²) >= 11 is 0. The molecule has 6 heteroatoms. The number of nitrogens with one attached hydrogen (secondary N) is 2. The van der Waals surface area contributed by atoms with Crippen molar-refractivity contribution >= 4 is 12.2 Å². The fourth-order valence-corrected chi connectivity index (χ4v) is 3.16. The van der Waals surface area contributed by atoms with Gasteiger partial charge >= 0.3 is 0 Å². The highest BCUT2D eigenvalue weighted by atomic mass is 16.1. The summed E-state index contributed by atoms with van der Waals surface area (Å²) in [5.74, 6) is 1.67. The van der Waals surface area contributed by atoms with Gasteiger partial charge in [0.05, 0.1) is 6.21 Å². The zero-order valence-corrected chi connectivity index (χ0v) is 12.0. The van der Waals surface area contributed by atoms with E-state index < -0.39 is 0 Å². The molecule has 0 saturated heterocycles. The second-order valence-electron chi connectivity index (χ2n) is 6.20. The van der Waals surface area contributed by atoms with Crippen LogP contribution in [-0.4, -0.2) is 21.4 Å². The normalized spacial score (nSPS) is 27.1. The fraction of sp³-hybridized carbons (Fsp3) is 0.571. The Balaban J connectivity index is 1.68. The third-order valence-electron chi connectivity index (χ3n) is 4.76. The Bertz CT molecular complexity index is 643. The molecule has 0 radical (unpaired) electrons. The number of hydrogen-bond acceptors (Lipinski definition) is 5. The summed E-state index contributed by atoms with van der Waals surface area (Å²) in [4.78, 5) is 14.0. The van der Waals surface area contributed by atoms with E-state index in [1.807, 2.05) is 6.21 Å². The first kappa shape index (κ1) is 13.0. The minimum absolute atomic E-state index is 0.252. The summed E-state index contributed by atoms with van der Waals surface area (Å²) in [7, 11) is 0. The van der Waals surface area contributed by atoms with Crippen molar-refractivity contribution in [1.82, 2.24) is 15.2 Å². The molecule has 1 aromatic heterocycles. The predicted molar refractivity (Wildman–Crippen MR) is 77.6 cm³/mol. The van der Waals surface area contributed by atoms with E-state index in [0.717, 1.165) is 12.3 Å². The predicted octanol–water partition coefficient (Wildman–Crippen LogP) is 1.86. The van der Waals surface area contributed by atoms with Crippen molar-refractivity contribution in [2.75, 3.05) is 5.43 Å². The molecule has 1 aromatic rings. The number of anilines is 1. The van der Waals surface area contributed by atoms with E-state index in [4.69, 9.17) is 0 Å². The topological polar surface area (TPSA) is 83.0 Å². The number of H-pyrrole nitrogens is 1. The smallest absolute Gasteiger partial charge is 0.274 e. The SMILES string of the molecule is Cc1nnc(NN=CC2=CCC3CC2C3(C)C)[nH]c1=O. The number of aromatic nitrogens is 3. The summed E-state index contributed by atoms with van der Waals surface area (Å²) in [6.45, 7) is 6.26. The van der Waals surface area contributed by atoms with E-state index in [0.29, 0.717) is 17.0 Å². The lowest BCUT2D eigenvalue weighted by atomic mass is 9.49.